The molecule has 1 aliphatic carbocycles. The highest BCUT2D eigenvalue weighted by atomic mass is 31.0. The van der Waals surface area contributed by atoms with Crippen molar-refractivity contribution in [1.29, 1.82) is 0 Å². The fraction of sp³-hybridized carbons (Fsp3) is 0.556. The first-order valence-corrected chi connectivity index (χ1v) is 8.94. The number of hydrogen-bond donors (Lipinski definition) is 0. The van der Waals surface area contributed by atoms with Gasteiger partial charge in [-0.2, -0.15) is 0 Å². The molecule has 0 N–H and O–H groups in total. The fourth-order valence-electron chi connectivity index (χ4n) is 3.69. The quantitative estimate of drug-likeness (QED) is 0.574. The maximum atomic E-state index is 2.54. The van der Waals surface area contributed by atoms with Gasteiger partial charge in [0.1, 0.15) is 0 Å². The van der Waals surface area contributed by atoms with Crippen molar-refractivity contribution in [2.24, 2.45) is 0 Å². The third-order valence-corrected chi connectivity index (χ3v) is 6.53. The second-order valence-electron chi connectivity index (χ2n) is 6.43. The van der Waals surface area contributed by atoms with E-state index in [-0.39, 0.29) is 0 Å². The first kappa shape index (κ1) is 13.3. The third kappa shape index (κ3) is 2.75. The first-order chi connectivity index (χ1) is 9.30. The molecule has 1 aromatic carbocycles. The van der Waals surface area contributed by atoms with Crippen LogP contribution in [0.25, 0.3) is 10.8 Å². The smallest absolute Gasteiger partial charge is 0.00342 e. The molecule has 0 amide bonds. The highest BCUT2D eigenvalue weighted by Crippen LogP contribution is 2.45. The van der Waals surface area contributed by atoms with Crippen LogP contribution in [-0.4, -0.2) is 0 Å². The van der Waals surface area contributed by atoms with Gasteiger partial charge in [0, 0.05) is 0 Å². The summed E-state index contributed by atoms with van der Waals surface area (Å²) in [7, 11) is 0.923. The van der Waals surface area contributed by atoms with E-state index in [4.69, 9.17) is 0 Å². The molecular formula is C18H25P. The van der Waals surface area contributed by atoms with Crippen LogP contribution < -0.4 is 0 Å². The summed E-state index contributed by atoms with van der Waals surface area (Å²) < 4.78 is 0. The molecule has 0 aliphatic heterocycles. The van der Waals surface area contributed by atoms with Crippen LogP contribution in [-0.2, 0) is 5.41 Å². The van der Waals surface area contributed by atoms with E-state index in [1.165, 1.54) is 56.8 Å². The minimum absolute atomic E-state index is 0.464. The Balaban J connectivity index is 1.96. The Morgan fingerprint density at radius 1 is 0.895 bits per heavy atom. The summed E-state index contributed by atoms with van der Waals surface area (Å²) in [5.41, 5.74) is 0.464. The molecule has 0 nitrogen and oxygen atoms in total. The van der Waals surface area contributed by atoms with Crippen LogP contribution >= 0.6 is 8.19 Å². The maximum absolute atomic E-state index is 2.54. The number of benzene rings is 1. The zero-order chi connectivity index (χ0) is 13.1. The second-order valence-corrected chi connectivity index (χ2v) is 7.51. The van der Waals surface area contributed by atoms with E-state index in [2.05, 4.69) is 37.0 Å². The molecule has 1 saturated carbocycles. The minimum Gasteiger partial charge on any atom is -0.135 e. The Morgan fingerprint density at radius 3 is 2.26 bits per heavy atom. The standard InChI is InChI=1S/C18H25P/c1-18(12-8-4-2-3-5-9-13-18)17-16-11-7-6-10-15(16)14-19-17/h6-7,10-11,14,19H,2-5,8-9,12-13H2,1H3. The molecule has 1 aliphatic rings. The Hall–Kier alpha value is -0.740. The van der Waals surface area contributed by atoms with Crippen molar-refractivity contribution >= 4 is 19.0 Å². The monoisotopic (exact) mass is 272 g/mol. The SMILES string of the molecule is CC1(c2[pH]cc3ccccc23)CCCCCCCC1. The highest BCUT2D eigenvalue weighted by molar-refractivity contribution is 7.31. The number of fused-ring (bicyclic) bond motifs is 1. The molecule has 3 rings (SSSR count). The largest absolute Gasteiger partial charge is 0.135 e. The predicted octanol–water partition coefficient (Wildman–Crippen LogP) is 6.26. The van der Waals surface area contributed by atoms with Crippen molar-refractivity contribution < 1.29 is 0 Å². The molecule has 19 heavy (non-hydrogen) atoms. The van der Waals surface area contributed by atoms with E-state index in [0.29, 0.717) is 5.41 Å². The van der Waals surface area contributed by atoms with Crippen molar-refractivity contribution in [3.63, 3.8) is 0 Å². The van der Waals surface area contributed by atoms with Gasteiger partial charge in [-0.05, 0) is 40.1 Å². The molecule has 0 spiro atoms. The van der Waals surface area contributed by atoms with Crippen LogP contribution in [0.2, 0.25) is 0 Å². The molecule has 1 atom stereocenters. The normalized spacial score (nSPS) is 21.1. The van der Waals surface area contributed by atoms with Crippen molar-refractivity contribution in [2.75, 3.05) is 0 Å². The zero-order valence-corrected chi connectivity index (χ0v) is 13.0. The van der Waals surface area contributed by atoms with Gasteiger partial charge in [0.15, 0.2) is 0 Å². The molecular weight excluding hydrogens is 247 g/mol. The van der Waals surface area contributed by atoms with Crippen molar-refractivity contribution in [3.05, 3.63) is 35.4 Å². The topological polar surface area (TPSA) is 0 Å². The Labute approximate surface area is 118 Å². The lowest BCUT2D eigenvalue weighted by Crippen LogP contribution is -2.20. The molecule has 1 aromatic heterocycles. The van der Waals surface area contributed by atoms with Gasteiger partial charge in [0.25, 0.3) is 0 Å². The van der Waals surface area contributed by atoms with Crippen LogP contribution in [0, 0.1) is 0 Å². The Morgan fingerprint density at radius 2 is 1.53 bits per heavy atom. The second kappa shape index (κ2) is 5.71. The molecule has 1 fully saturated rings. The lowest BCUT2D eigenvalue weighted by Gasteiger charge is -2.29. The molecule has 2 aromatic rings. The summed E-state index contributed by atoms with van der Waals surface area (Å²) in [5.74, 6) is 2.46. The lowest BCUT2D eigenvalue weighted by atomic mass is 9.78. The van der Waals surface area contributed by atoms with E-state index < -0.39 is 0 Å². The van der Waals surface area contributed by atoms with Gasteiger partial charge in [-0.3, -0.25) is 0 Å². The first-order valence-electron chi connectivity index (χ1n) is 7.86. The van der Waals surface area contributed by atoms with Crippen molar-refractivity contribution in [3.8, 4) is 0 Å². The summed E-state index contributed by atoms with van der Waals surface area (Å²) in [5, 5.41) is 4.80. The zero-order valence-electron chi connectivity index (χ0n) is 12.0. The Bertz CT molecular complexity index is 527. The van der Waals surface area contributed by atoms with Gasteiger partial charge in [-0.25, -0.2) is 0 Å². The fourth-order valence-corrected chi connectivity index (χ4v) is 5.22. The number of rotatable bonds is 1. The molecule has 102 valence electrons. The molecule has 1 heterocycles. The average Bonchev–Trinajstić information content (AvgIpc) is 2.88. The van der Waals surface area contributed by atoms with Crippen LogP contribution in [0.4, 0.5) is 0 Å². The maximum Gasteiger partial charge on any atom is -0.00342 e. The van der Waals surface area contributed by atoms with E-state index in [0.717, 1.165) is 8.19 Å². The van der Waals surface area contributed by atoms with Crippen LogP contribution in [0.1, 0.15) is 63.6 Å². The average molecular weight is 272 g/mol. The van der Waals surface area contributed by atoms with Gasteiger partial charge >= 0.3 is 0 Å². The summed E-state index contributed by atoms with van der Waals surface area (Å²) >= 11 is 0. The summed E-state index contributed by atoms with van der Waals surface area (Å²) in [6.07, 6.45) is 11.4. The summed E-state index contributed by atoms with van der Waals surface area (Å²) in [6, 6.07) is 9.02. The molecule has 0 radical (unpaired) electrons. The molecule has 1 unspecified atom stereocenters. The Kier molecular flexibility index (Phi) is 3.99. The minimum atomic E-state index is 0.464. The molecule has 0 bridgehead atoms. The van der Waals surface area contributed by atoms with Crippen LogP contribution in [0.15, 0.2) is 30.1 Å². The molecule has 1 heteroatoms. The van der Waals surface area contributed by atoms with E-state index in [1.54, 1.807) is 10.7 Å². The summed E-state index contributed by atoms with van der Waals surface area (Å²) in [4.78, 5) is 0. The van der Waals surface area contributed by atoms with Gasteiger partial charge in [-0.15, -0.1) is 8.19 Å². The van der Waals surface area contributed by atoms with E-state index >= 15 is 0 Å². The van der Waals surface area contributed by atoms with Crippen molar-refractivity contribution in [2.45, 2.75) is 63.7 Å². The molecule has 0 saturated heterocycles. The van der Waals surface area contributed by atoms with Gasteiger partial charge in [0.05, 0.1) is 0 Å². The van der Waals surface area contributed by atoms with Gasteiger partial charge in [0.2, 0.25) is 0 Å². The third-order valence-electron chi connectivity index (χ3n) is 4.91. The lowest BCUT2D eigenvalue weighted by molar-refractivity contribution is 0.391. The predicted molar refractivity (Wildman–Crippen MR) is 87.7 cm³/mol. The summed E-state index contributed by atoms with van der Waals surface area (Å²) in [6.45, 7) is 2.54. The highest BCUT2D eigenvalue weighted by Gasteiger charge is 2.28. The van der Waals surface area contributed by atoms with Gasteiger partial charge < -0.3 is 0 Å². The number of hydrogen-bond acceptors (Lipinski definition) is 0. The van der Waals surface area contributed by atoms with E-state index in [1.807, 2.05) is 0 Å². The van der Waals surface area contributed by atoms with Crippen molar-refractivity contribution in [1.82, 2.24) is 0 Å². The van der Waals surface area contributed by atoms with Crippen LogP contribution in [0.5, 0.6) is 0 Å². The van der Waals surface area contributed by atoms with Crippen LogP contribution in [0.3, 0.4) is 0 Å². The van der Waals surface area contributed by atoms with E-state index in [9.17, 15) is 0 Å². The van der Waals surface area contributed by atoms with Gasteiger partial charge in [-0.1, -0.05) is 69.7 Å².